The number of aryl methyl sites for hydroxylation is 1. The highest BCUT2D eigenvalue weighted by molar-refractivity contribution is 5.84. The number of nitrogens with one attached hydrogen (secondary N) is 2. The third-order valence-corrected chi connectivity index (χ3v) is 3.25. The van der Waals surface area contributed by atoms with Crippen LogP contribution in [-0.4, -0.2) is 17.1 Å². The molecule has 18 heavy (non-hydrogen) atoms. The number of para-hydroxylation sites is 1. The Hall–Kier alpha value is -1.79. The Morgan fingerprint density at radius 2 is 2.06 bits per heavy atom. The summed E-state index contributed by atoms with van der Waals surface area (Å²) in [6, 6.07) is 10.6. The van der Waals surface area contributed by atoms with Crippen molar-refractivity contribution >= 4 is 10.9 Å². The molecule has 0 unspecified atom stereocenters. The van der Waals surface area contributed by atoms with Crippen molar-refractivity contribution in [3.05, 3.63) is 35.5 Å². The largest absolute Gasteiger partial charge is 0.358 e. The van der Waals surface area contributed by atoms with E-state index in [9.17, 15) is 0 Å². The van der Waals surface area contributed by atoms with Gasteiger partial charge >= 0.3 is 0 Å². The predicted molar refractivity (Wildman–Crippen MR) is 74.4 cm³/mol. The molecule has 0 atom stereocenters. The van der Waals surface area contributed by atoms with E-state index in [0.717, 1.165) is 13.0 Å². The van der Waals surface area contributed by atoms with E-state index < -0.39 is 5.54 Å². The van der Waals surface area contributed by atoms with Crippen LogP contribution in [0.15, 0.2) is 24.3 Å². The molecular formula is C15H19N3. The van der Waals surface area contributed by atoms with Crippen molar-refractivity contribution in [3.8, 4) is 6.07 Å². The minimum atomic E-state index is -0.458. The van der Waals surface area contributed by atoms with Crippen LogP contribution in [0.1, 0.15) is 25.1 Å². The van der Waals surface area contributed by atoms with Crippen molar-refractivity contribution < 1.29 is 0 Å². The van der Waals surface area contributed by atoms with Crippen LogP contribution in [-0.2, 0) is 6.42 Å². The minimum Gasteiger partial charge on any atom is -0.358 e. The van der Waals surface area contributed by atoms with E-state index in [1.807, 2.05) is 19.9 Å². The van der Waals surface area contributed by atoms with E-state index in [0.29, 0.717) is 0 Å². The van der Waals surface area contributed by atoms with Crippen LogP contribution in [0.25, 0.3) is 10.9 Å². The molecule has 0 bridgehead atoms. The zero-order valence-corrected chi connectivity index (χ0v) is 11.2. The summed E-state index contributed by atoms with van der Waals surface area (Å²) in [4.78, 5) is 3.40. The molecule has 2 aromatic rings. The van der Waals surface area contributed by atoms with Crippen LogP contribution in [0, 0.1) is 18.3 Å². The van der Waals surface area contributed by atoms with Crippen LogP contribution < -0.4 is 5.32 Å². The molecule has 0 radical (unpaired) electrons. The van der Waals surface area contributed by atoms with E-state index in [4.69, 9.17) is 5.26 Å². The van der Waals surface area contributed by atoms with Gasteiger partial charge in [-0.05, 0) is 38.8 Å². The Balaban J connectivity index is 2.13. The fourth-order valence-electron chi connectivity index (χ4n) is 2.20. The van der Waals surface area contributed by atoms with Crippen LogP contribution in [0.3, 0.4) is 0 Å². The van der Waals surface area contributed by atoms with Crippen molar-refractivity contribution in [2.45, 2.75) is 32.7 Å². The molecule has 1 heterocycles. The van der Waals surface area contributed by atoms with Gasteiger partial charge in [0.2, 0.25) is 0 Å². The molecule has 0 spiro atoms. The van der Waals surface area contributed by atoms with Crippen molar-refractivity contribution in [1.29, 1.82) is 5.26 Å². The average molecular weight is 241 g/mol. The summed E-state index contributed by atoms with van der Waals surface area (Å²) in [5.74, 6) is 0. The normalized spacial score (nSPS) is 11.7. The highest BCUT2D eigenvalue weighted by Gasteiger charge is 2.15. The highest BCUT2D eigenvalue weighted by atomic mass is 14.9. The Morgan fingerprint density at radius 3 is 2.78 bits per heavy atom. The first-order valence-corrected chi connectivity index (χ1v) is 6.26. The van der Waals surface area contributed by atoms with Gasteiger partial charge < -0.3 is 4.98 Å². The van der Waals surface area contributed by atoms with Gasteiger partial charge in [-0.15, -0.1) is 0 Å². The van der Waals surface area contributed by atoms with Crippen LogP contribution >= 0.6 is 0 Å². The maximum atomic E-state index is 8.96. The molecule has 0 amide bonds. The number of hydrogen-bond acceptors (Lipinski definition) is 2. The number of benzene rings is 1. The minimum absolute atomic E-state index is 0.458. The van der Waals surface area contributed by atoms with Gasteiger partial charge in [-0.2, -0.15) is 5.26 Å². The molecule has 0 fully saturated rings. The summed E-state index contributed by atoms with van der Waals surface area (Å²) >= 11 is 0. The Kier molecular flexibility index (Phi) is 3.40. The smallest absolute Gasteiger partial charge is 0.101 e. The monoisotopic (exact) mass is 241 g/mol. The first-order chi connectivity index (χ1) is 8.53. The van der Waals surface area contributed by atoms with Gasteiger partial charge in [0.25, 0.3) is 0 Å². The fraction of sp³-hybridized carbons (Fsp3) is 0.400. The predicted octanol–water partition coefficient (Wildman–Crippen LogP) is 2.91. The summed E-state index contributed by atoms with van der Waals surface area (Å²) in [5, 5.41) is 13.5. The molecule has 0 aliphatic carbocycles. The van der Waals surface area contributed by atoms with E-state index in [1.165, 1.54) is 22.2 Å². The number of nitrogens with zero attached hydrogens (tertiary/aromatic N) is 1. The molecule has 0 saturated carbocycles. The Labute approximate surface area is 108 Å². The Bertz CT molecular complexity index is 587. The molecule has 94 valence electrons. The summed E-state index contributed by atoms with van der Waals surface area (Å²) in [6.07, 6.45) is 0.932. The van der Waals surface area contributed by atoms with Gasteiger partial charge in [-0.3, -0.25) is 5.32 Å². The maximum absolute atomic E-state index is 8.96. The second kappa shape index (κ2) is 4.83. The molecule has 0 saturated heterocycles. The summed E-state index contributed by atoms with van der Waals surface area (Å²) < 4.78 is 0. The van der Waals surface area contributed by atoms with Gasteiger partial charge in [0.1, 0.15) is 5.54 Å². The third kappa shape index (κ3) is 2.55. The third-order valence-electron chi connectivity index (χ3n) is 3.25. The Morgan fingerprint density at radius 1 is 1.33 bits per heavy atom. The number of hydrogen-bond donors (Lipinski definition) is 2. The molecule has 0 aliphatic heterocycles. The van der Waals surface area contributed by atoms with Crippen LogP contribution in [0.5, 0.6) is 0 Å². The van der Waals surface area contributed by atoms with Crippen LogP contribution in [0.2, 0.25) is 0 Å². The lowest BCUT2D eigenvalue weighted by Crippen LogP contribution is -2.38. The van der Waals surface area contributed by atoms with Gasteiger partial charge in [0, 0.05) is 23.1 Å². The van der Waals surface area contributed by atoms with Crippen molar-refractivity contribution in [3.63, 3.8) is 0 Å². The molecule has 3 nitrogen and oxygen atoms in total. The van der Waals surface area contributed by atoms with Gasteiger partial charge in [-0.1, -0.05) is 18.2 Å². The second-order valence-electron chi connectivity index (χ2n) is 5.19. The molecule has 3 heteroatoms. The molecule has 2 N–H and O–H groups in total. The molecular weight excluding hydrogens is 222 g/mol. The van der Waals surface area contributed by atoms with Gasteiger partial charge in [0.15, 0.2) is 0 Å². The summed E-state index contributed by atoms with van der Waals surface area (Å²) in [7, 11) is 0. The van der Waals surface area contributed by atoms with Gasteiger partial charge in [0.05, 0.1) is 6.07 Å². The summed E-state index contributed by atoms with van der Waals surface area (Å²) in [5.41, 5.74) is 3.28. The quantitative estimate of drug-likeness (QED) is 0.864. The number of nitriles is 1. The molecule has 1 aromatic heterocycles. The van der Waals surface area contributed by atoms with Crippen LogP contribution in [0.4, 0.5) is 0 Å². The van der Waals surface area contributed by atoms with E-state index >= 15 is 0 Å². The number of fused-ring (bicyclic) bond motifs is 1. The molecule has 2 rings (SSSR count). The fourth-order valence-corrected chi connectivity index (χ4v) is 2.20. The number of aromatic amines is 1. The van der Waals surface area contributed by atoms with E-state index in [-0.39, 0.29) is 0 Å². The maximum Gasteiger partial charge on any atom is 0.101 e. The average Bonchev–Trinajstić information content (AvgIpc) is 2.66. The lowest BCUT2D eigenvalue weighted by molar-refractivity contribution is 0.490. The highest BCUT2D eigenvalue weighted by Crippen LogP contribution is 2.22. The number of aromatic nitrogens is 1. The number of rotatable bonds is 4. The summed E-state index contributed by atoms with van der Waals surface area (Å²) in [6.45, 7) is 6.71. The molecule has 1 aromatic carbocycles. The zero-order valence-electron chi connectivity index (χ0n) is 11.2. The van der Waals surface area contributed by atoms with Crippen molar-refractivity contribution in [1.82, 2.24) is 10.3 Å². The van der Waals surface area contributed by atoms with E-state index in [1.54, 1.807) is 0 Å². The van der Waals surface area contributed by atoms with Crippen molar-refractivity contribution in [2.24, 2.45) is 0 Å². The number of H-pyrrole nitrogens is 1. The first kappa shape index (κ1) is 12.7. The lowest BCUT2D eigenvalue weighted by atomic mass is 10.1. The standard InChI is InChI=1S/C15H19N3/c1-11-12(8-9-17-15(2,3)10-16)13-6-4-5-7-14(13)18-11/h4-7,17-18H,8-9H2,1-3H3. The first-order valence-electron chi connectivity index (χ1n) is 6.26. The zero-order chi connectivity index (χ0) is 13.2. The lowest BCUT2D eigenvalue weighted by Gasteiger charge is -2.17. The van der Waals surface area contributed by atoms with Crippen molar-refractivity contribution in [2.75, 3.05) is 6.54 Å². The second-order valence-corrected chi connectivity index (χ2v) is 5.19. The van der Waals surface area contributed by atoms with E-state index in [2.05, 4.69) is 41.5 Å². The SMILES string of the molecule is Cc1[nH]c2ccccc2c1CCNC(C)(C)C#N. The topological polar surface area (TPSA) is 51.6 Å². The van der Waals surface area contributed by atoms with Gasteiger partial charge in [-0.25, -0.2) is 0 Å². The molecule has 0 aliphatic rings.